The molecule has 0 saturated carbocycles. The van der Waals surface area contributed by atoms with Crippen molar-refractivity contribution in [3.8, 4) is 0 Å². The second kappa shape index (κ2) is 4.27. The van der Waals surface area contributed by atoms with Gasteiger partial charge >= 0.3 is 0 Å². The van der Waals surface area contributed by atoms with E-state index in [1.54, 1.807) is 0 Å². The second-order valence-electron chi connectivity index (χ2n) is 2.11. The van der Waals surface area contributed by atoms with Gasteiger partial charge in [-0.05, 0) is 11.6 Å². The smallest absolute Gasteiger partial charge is 0.116 e. The van der Waals surface area contributed by atoms with Gasteiger partial charge in [-0.3, -0.25) is 0 Å². The molecule has 4 heteroatoms. The molecule has 0 spiro atoms. The molecule has 0 aromatic heterocycles. The van der Waals surface area contributed by atoms with Crippen molar-refractivity contribution in [2.45, 2.75) is 6.54 Å². The van der Waals surface area contributed by atoms with E-state index in [0.717, 1.165) is 10.9 Å². The van der Waals surface area contributed by atoms with Gasteiger partial charge in [0.05, 0.1) is 0 Å². The Morgan fingerprint density at radius 1 is 1.36 bits per heavy atom. The minimum absolute atomic E-state index is 0.533. The Morgan fingerprint density at radius 3 is 2.64 bits per heavy atom. The van der Waals surface area contributed by atoms with E-state index in [2.05, 4.69) is 0 Å². The molecule has 1 nitrogen and oxygen atoms in total. The third-order valence-corrected chi connectivity index (χ3v) is 3.18. The average molecular weight is 208 g/mol. The maximum Gasteiger partial charge on any atom is 0.116 e. The van der Waals surface area contributed by atoms with Crippen molar-refractivity contribution in [1.82, 2.24) is 0 Å². The first-order chi connectivity index (χ1) is 5.24. The molecule has 60 valence electrons. The summed E-state index contributed by atoms with van der Waals surface area (Å²) in [6.45, 7) is -0.496. The number of nitrogens with two attached hydrogens (primary N) is 1. The Labute approximate surface area is 76.8 Å². The highest BCUT2D eigenvalue weighted by Crippen LogP contribution is 2.45. The van der Waals surface area contributed by atoms with Crippen LogP contribution in [0, 0.1) is 0 Å². The van der Waals surface area contributed by atoms with Crippen LogP contribution in [0.15, 0.2) is 24.3 Å². The van der Waals surface area contributed by atoms with Crippen LogP contribution in [0.1, 0.15) is 5.56 Å². The summed E-state index contributed by atoms with van der Waals surface area (Å²) in [6, 6.07) is 7.71. The lowest BCUT2D eigenvalue weighted by Gasteiger charge is -2.02. The molecule has 1 aromatic rings. The molecule has 0 radical (unpaired) electrons. The van der Waals surface area contributed by atoms with E-state index in [4.69, 9.17) is 28.2 Å². The molecular formula is C7H8Cl2NP. The Morgan fingerprint density at radius 2 is 2.09 bits per heavy atom. The standard InChI is InChI=1S/C7H8Cl2NP/c8-11(9)7-3-1-2-6(4-7)5-10/h1-4H,5,10H2. The zero-order valence-electron chi connectivity index (χ0n) is 5.80. The minimum atomic E-state index is -1.03. The van der Waals surface area contributed by atoms with E-state index < -0.39 is 6.63 Å². The Bertz CT molecular complexity index is 240. The molecule has 0 heterocycles. The van der Waals surface area contributed by atoms with Crippen molar-refractivity contribution in [3.63, 3.8) is 0 Å². The average Bonchev–Trinajstić information content (AvgIpc) is 2.05. The molecule has 11 heavy (non-hydrogen) atoms. The van der Waals surface area contributed by atoms with Crippen LogP contribution in [0.5, 0.6) is 0 Å². The normalized spacial score (nSPS) is 10.5. The molecule has 0 bridgehead atoms. The molecule has 0 fully saturated rings. The minimum Gasteiger partial charge on any atom is -0.326 e. The van der Waals surface area contributed by atoms with E-state index >= 15 is 0 Å². The summed E-state index contributed by atoms with van der Waals surface area (Å²) in [5, 5.41) is 0.964. The fraction of sp³-hybridized carbons (Fsp3) is 0.143. The van der Waals surface area contributed by atoms with Crippen molar-refractivity contribution in [3.05, 3.63) is 29.8 Å². The van der Waals surface area contributed by atoms with Crippen molar-refractivity contribution >= 4 is 34.4 Å². The summed E-state index contributed by atoms with van der Waals surface area (Å²) in [6.07, 6.45) is 0. The molecule has 0 aliphatic heterocycles. The van der Waals surface area contributed by atoms with Gasteiger partial charge in [-0.2, -0.15) is 0 Å². The largest absolute Gasteiger partial charge is 0.326 e. The Balaban J connectivity index is 2.91. The highest BCUT2D eigenvalue weighted by molar-refractivity contribution is 8.08. The first-order valence-electron chi connectivity index (χ1n) is 3.14. The monoisotopic (exact) mass is 207 g/mol. The first-order valence-corrected chi connectivity index (χ1v) is 6.30. The van der Waals surface area contributed by atoms with Gasteiger partial charge < -0.3 is 5.73 Å². The lowest BCUT2D eigenvalue weighted by atomic mass is 10.2. The summed E-state index contributed by atoms with van der Waals surface area (Å²) < 4.78 is 0. The maximum atomic E-state index is 5.72. The SMILES string of the molecule is NCc1cccc(P(Cl)Cl)c1. The van der Waals surface area contributed by atoms with Crippen LogP contribution in [0.4, 0.5) is 0 Å². The number of halogens is 2. The third-order valence-electron chi connectivity index (χ3n) is 1.34. The van der Waals surface area contributed by atoms with Crippen molar-refractivity contribution in [1.29, 1.82) is 0 Å². The Hall–Kier alpha value is 0.190. The van der Waals surface area contributed by atoms with Crippen LogP contribution in [0.3, 0.4) is 0 Å². The number of hydrogen-bond acceptors (Lipinski definition) is 1. The van der Waals surface area contributed by atoms with Crippen LogP contribution in [0.25, 0.3) is 0 Å². The summed E-state index contributed by atoms with van der Waals surface area (Å²) in [5.41, 5.74) is 6.51. The number of hydrogen-bond donors (Lipinski definition) is 1. The van der Waals surface area contributed by atoms with E-state index in [9.17, 15) is 0 Å². The van der Waals surface area contributed by atoms with Gasteiger partial charge in [0.25, 0.3) is 0 Å². The molecule has 1 rings (SSSR count). The zero-order chi connectivity index (χ0) is 8.27. The number of rotatable bonds is 2. The molecule has 1 aromatic carbocycles. The second-order valence-corrected chi connectivity index (χ2v) is 5.64. The van der Waals surface area contributed by atoms with Gasteiger partial charge in [-0.25, -0.2) is 0 Å². The number of benzene rings is 1. The van der Waals surface area contributed by atoms with Crippen molar-refractivity contribution < 1.29 is 0 Å². The van der Waals surface area contributed by atoms with Crippen LogP contribution >= 0.6 is 29.1 Å². The van der Waals surface area contributed by atoms with Crippen LogP contribution in [0.2, 0.25) is 0 Å². The molecular weight excluding hydrogens is 200 g/mol. The lowest BCUT2D eigenvalue weighted by molar-refractivity contribution is 1.07. The molecule has 0 aliphatic carbocycles. The highest BCUT2D eigenvalue weighted by atomic mass is 35.9. The van der Waals surface area contributed by atoms with Crippen molar-refractivity contribution in [2.75, 3.05) is 0 Å². The molecule has 0 saturated heterocycles. The van der Waals surface area contributed by atoms with E-state index in [1.807, 2.05) is 24.3 Å². The van der Waals surface area contributed by atoms with Gasteiger partial charge in [-0.15, -0.1) is 0 Å². The predicted octanol–water partition coefficient (Wildman–Crippen LogP) is 2.56. The van der Waals surface area contributed by atoms with Gasteiger partial charge in [0.15, 0.2) is 0 Å². The van der Waals surface area contributed by atoms with Crippen LogP contribution < -0.4 is 11.0 Å². The molecule has 2 N–H and O–H groups in total. The fourth-order valence-corrected chi connectivity index (χ4v) is 1.88. The van der Waals surface area contributed by atoms with E-state index in [1.165, 1.54) is 0 Å². The molecule has 0 unspecified atom stereocenters. The van der Waals surface area contributed by atoms with Crippen molar-refractivity contribution in [2.24, 2.45) is 5.73 Å². The van der Waals surface area contributed by atoms with Gasteiger partial charge in [0.1, 0.15) is 6.63 Å². The van der Waals surface area contributed by atoms with Gasteiger partial charge in [-0.1, -0.05) is 40.7 Å². The predicted molar refractivity (Wildman–Crippen MR) is 52.6 cm³/mol. The molecule has 0 aliphatic rings. The highest BCUT2D eigenvalue weighted by Gasteiger charge is 2.02. The van der Waals surface area contributed by atoms with Crippen LogP contribution in [-0.2, 0) is 6.54 Å². The zero-order valence-corrected chi connectivity index (χ0v) is 8.20. The van der Waals surface area contributed by atoms with Gasteiger partial charge in [0.2, 0.25) is 0 Å². The van der Waals surface area contributed by atoms with Crippen LogP contribution in [-0.4, -0.2) is 0 Å². The quantitative estimate of drug-likeness (QED) is 0.742. The lowest BCUT2D eigenvalue weighted by Crippen LogP contribution is -2.01. The Kier molecular flexibility index (Phi) is 3.61. The third kappa shape index (κ3) is 2.61. The topological polar surface area (TPSA) is 26.0 Å². The van der Waals surface area contributed by atoms with E-state index in [0.29, 0.717) is 6.54 Å². The summed E-state index contributed by atoms with van der Waals surface area (Å²) in [4.78, 5) is 0. The van der Waals surface area contributed by atoms with Gasteiger partial charge in [0, 0.05) is 11.8 Å². The fourth-order valence-electron chi connectivity index (χ4n) is 0.789. The van der Waals surface area contributed by atoms with E-state index in [-0.39, 0.29) is 0 Å². The summed E-state index contributed by atoms with van der Waals surface area (Å²) in [5.74, 6) is 0. The maximum absolute atomic E-state index is 5.72. The summed E-state index contributed by atoms with van der Waals surface area (Å²) in [7, 11) is 0. The molecule has 0 amide bonds. The first kappa shape index (κ1) is 9.28. The summed E-state index contributed by atoms with van der Waals surface area (Å²) >= 11 is 11.4. The molecule has 0 atom stereocenters.